The molecule has 0 aliphatic carbocycles. The quantitative estimate of drug-likeness (QED) is 0.534. The lowest BCUT2D eigenvalue weighted by Crippen LogP contribution is -2.00. The second-order valence-corrected chi connectivity index (χ2v) is 6.50. The van der Waals surface area contributed by atoms with Crippen molar-refractivity contribution in [1.29, 1.82) is 0 Å². The molecular weight excluding hydrogens is 369 g/mol. The third-order valence-corrected chi connectivity index (χ3v) is 4.36. The molecule has 2 aromatic heterocycles. The van der Waals surface area contributed by atoms with E-state index < -0.39 is 0 Å². The lowest BCUT2D eigenvalue weighted by molar-refractivity contribution is 1.13. The van der Waals surface area contributed by atoms with E-state index in [1.165, 1.54) is 0 Å². The summed E-state index contributed by atoms with van der Waals surface area (Å²) in [6.45, 7) is 0. The van der Waals surface area contributed by atoms with Crippen LogP contribution in [0.2, 0.25) is 10.0 Å². The molecule has 0 atom stereocenters. The fraction of sp³-hybridized carbons (Fsp3) is 0.0526. The Morgan fingerprint density at radius 3 is 2.38 bits per heavy atom. The Kier molecular flexibility index (Phi) is 4.41. The van der Waals surface area contributed by atoms with E-state index in [0.717, 1.165) is 27.8 Å². The van der Waals surface area contributed by atoms with Crippen molar-refractivity contribution in [3.05, 3.63) is 65.0 Å². The number of anilines is 1. The van der Waals surface area contributed by atoms with E-state index in [9.17, 15) is 0 Å². The molecule has 7 heteroatoms. The van der Waals surface area contributed by atoms with Gasteiger partial charge in [-0.1, -0.05) is 29.3 Å². The van der Waals surface area contributed by atoms with E-state index in [0.29, 0.717) is 21.6 Å². The molecule has 4 rings (SSSR count). The minimum Gasteiger partial charge on any atom is -0.373 e. The van der Waals surface area contributed by atoms with Gasteiger partial charge in [-0.05, 0) is 41.5 Å². The van der Waals surface area contributed by atoms with Crippen LogP contribution in [0.4, 0.5) is 5.82 Å². The van der Waals surface area contributed by atoms with Gasteiger partial charge < -0.3 is 5.32 Å². The van der Waals surface area contributed by atoms with Gasteiger partial charge >= 0.3 is 0 Å². The van der Waals surface area contributed by atoms with Crippen molar-refractivity contribution < 1.29 is 0 Å². The number of hydrogen-bond donors (Lipinski definition) is 1. The van der Waals surface area contributed by atoms with Crippen molar-refractivity contribution in [2.75, 3.05) is 12.4 Å². The highest BCUT2D eigenvalue weighted by molar-refractivity contribution is 6.35. The fourth-order valence-electron chi connectivity index (χ4n) is 2.75. The molecule has 0 spiro atoms. The molecule has 0 saturated heterocycles. The minimum absolute atomic E-state index is 0.510. The second-order valence-electron chi connectivity index (χ2n) is 5.63. The summed E-state index contributed by atoms with van der Waals surface area (Å²) < 4.78 is 0. The van der Waals surface area contributed by atoms with Crippen LogP contribution >= 0.6 is 23.2 Å². The average molecular weight is 382 g/mol. The number of nitrogens with one attached hydrogen (secondary N) is 1. The number of aromatic nitrogens is 4. The first kappa shape index (κ1) is 16.7. The number of halogens is 2. The molecule has 26 heavy (non-hydrogen) atoms. The molecule has 128 valence electrons. The Hall–Kier alpha value is -2.76. The first-order valence-electron chi connectivity index (χ1n) is 7.86. The van der Waals surface area contributed by atoms with Crippen LogP contribution in [0.25, 0.3) is 33.5 Å². The van der Waals surface area contributed by atoms with Crippen molar-refractivity contribution in [2.24, 2.45) is 0 Å². The monoisotopic (exact) mass is 381 g/mol. The summed E-state index contributed by atoms with van der Waals surface area (Å²) >= 11 is 12.3. The standard InChI is InChI=1S/C19H13Cl2N5/c1-22-18-15-3-2-11(12-6-13(20)9-14(21)7-12)8-16(15)25-19(26-18)17-10-23-4-5-24-17/h2-10H,1H3,(H,22,25,26). The molecule has 4 aromatic rings. The number of benzene rings is 2. The zero-order valence-electron chi connectivity index (χ0n) is 13.7. The van der Waals surface area contributed by atoms with Gasteiger partial charge in [-0.3, -0.25) is 4.98 Å². The third-order valence-electron chi connectivity index (χ3n) is 3.92. The molecule has 0 bridgehead atoms. The normalized spacial score (nSPS) is 10.9. The van der Waals surface area contributed by atoms with Gasteiger partial charge in [0.05, 0.1) is 11.7 Å². The maximum Gasteiger partial charge on any atom is 0.182 e. The first-order valence-corrected chi connectivity index (χ1v) is 8.62. The molecule has 0 unspecified atom stereocenters. The first-order chi connectivity index (χ1) is 12.6. The highest BCUT2D eigenvalue weighted by Crippen LogP contribution is 2.31. The molecule has 0 aliphatic heterocycles. The largest absolute Gasteiger partial charge is 0.373 e. The lowest BCUT2D eigenvalue weighted by Gasteiger charge is -2.10. The molecule has 0 amide bonds. The molecule has 0 radical (unpaired) electrons. The number of nitrogens with zero attached hydrogens (tertiary/aromatic N) is 4. The highest BCUT2D eigenvalue weighted by Gasteiger charge is 2.11. The average Bonchev–Trinajstić information content (AvgIpc) is 2.66. The van der Waals surface area contributed by atoms with E-state index in [1.807, 2.05) is 37.4 Å². The predicted octanol–water partition coefficient (Wildman–Crippen LogP) is 5.10. The molecule has 0 fully saturated rings. The van der Waals surface area contributed by atoms with Crippen LogP contribution in [0.5, 0.6) is 0 Å². The molecule has 2 heterocycles. The molecule has 0 saturated carbocycles. The third kappa shape index (κ3) is 3.19. The van der Waals surface area contributed by atoms with Gasteiger partial charge in [-0.2, -0.15) is 0 Å². The molecular formula is C19H13Cl2N5. The van der Waals surface area contributed by atoms with Crippen LogP contribution in [0.1, 0.15) is 0 Å². The number of rotatable bonds is 3. The van der Waals surface area contributed by atoms with Gasteiger partial charge in [0, 0.05) is 34.9 Å². The van der Waals surface area contributed by atoms with Gasteiger partial charge in [0.25, 0.3) is 0 Å². The minimum atomic E-state index is 0.510. The Morgan fingerprint density at radius 1 is 0.885 bits per heavy atom. The van der Waals surface area contributed by atoms with Gasteiger partial charge in [0.1, 0.15) is 11.5 Å². The fourth-order valence-corrected chi connectivity index (χ4v) is 3.28. The van der Waals surface area contributed by atoms with E-state index >= 15 is 0 Å². The van der Waals surface area contributed by atoms with Gasteiger partial charge in [-0.25, -0.2) is 15.0 Å². The highest BCUT2D eigenvalue weighted by atomic mass is 35.5. The maximum absolute atomic E-state index is 6.14. The Morgan fingerprint density at radius 2 is 1.69 bits per heavy atom. The predicted molar refractivity (Wildman–Crippen MR) is 106 cm³/mol. The zero-order chi connectivity index (χ0) is 18.1. The molecule has 0 aliphatic rings. The van der Waals surface area contributed by atoms with Crippen LogP contribution < -0.4 is 5.32 Å². The van der Waals surface area contributed by atoms with Crippen molar-refractivity contribution in [2.45, 2.75) is 0 Å². The summed E-state index contributed by atoms with van der Waals surface area (Å²) in [7, 11) is 1.83. The Balaban J connectivity index is 1.91. The molecule has 1 N–H and O–H groups in total. The van der Waals surface area contributed by atoms with Crippen LogP contribution in [-0.4, -0.2) is 27.0 Å². The van der Waals surface area contributed by atoms with E-state index in [1.54, 1.807) is 24.7 Å². The topological polar surface area (TPSA) is 63.6 Å². The smallest absolute Gasteiger partial charge is 0.182 e. The van der Waals surface area contributed by atoms with Crippen molar-refractivity contribution in [3.8, 4) is 22.6 Å². The van der Waals surface area contributed by atoms with Crippen LogP contribution in [0.15, 0.2) is 55.0 Å². The van der Waals surface area contributed by atoms with Crippen molar-refractivity contribution in [3.63, 3.8) is 0 Å². The summed E-state index contributed by atoms with van der Waals surface area (Å²) in [5, 5.41) is 5.21. The zero-order valence-corrected chi connectivity index (χ0v) is 15.3. The summed E-state index contributed by atoms with van der Waals surface area (Å²) in [6.07, 6.45) is 4.87. The SMILES string of the molecule is CNc1nc(-c2cnccn2)nc2cc(-c3cc(Cl)cc(Cl)c3)ccc12. The van der Waals surface area contributed by atoms with Crippen molar-refractivity contribution >= 4 is 39.9 Å². The van der Waals surface area contributed by atoms with Crippen LogP contribution in [0, 0.1) is 0 Å². The summed E-state index contributed by atoms with van der Waals surface area (Å²) in [4.78, 5) is 17.6. The Labute approximate surface area is 160 Å². The molecule has 2 aromatic carbocycles. The Bertz CT molecular complexity index is 1080. The van der Waals surface area contributed by atoms with Crippen LogP contribution in [0.3, 0.4) is 0 Å². The van der Waals surface area contributed by atoms with E-state index in [2.05, 4.69) is 25.3 Å². The van der Waals surface area contributed by atoms with E-state index in [-0.39, 0.29) is 0 Å². The van der Waals surface area contributed by atoms with Gasteiger partial charge in [-0.15, -0.1) is 0 Å². The van der Waals surface area contributed by atoms with Crippen molar-refractivity contribution in [1.82, 2.24) is 19.9 Å². The second kappa shape index (κ2) is 6.86. The van der Waals surface area contributed by atoms with Gasteiger partial charge in [0.2, 0.25) is 0 Å². The maximum atomic E-state index is 6.14. The van der Waals surface area contributed by atoms with Crippen LogP contribution in [-0.2, 0) is 0 Å². The number of fused-ring (bicyclic) bond motifs is 1. The lowest BCUT2D eigenvalue weighted by atomic mass is 10.0. The number of hydrogen-bond acceptors (Lipinski definition) is 5. The summed E-state index contributed by atoms with van der Waals surface area (Å²) in [6, 6.07) is 11.4. The van der Waals surface area contributed by atoms with Gasteiger partial charge in [0.15, 0.2) is 5.82 Å². The van der Waals surface area contributed by atoms with E-state index in [4.69, 9.17) is 23.2 Å². The summed E-state index contributed by atoms with van der Waals surface area (Å²) in [5.74, 6) is 1.24. The summed E-state index contributed by atoms with van der Waals surface area (Å²) in [5.41, 5.74) is 3.29. The molecule has 5 nitrogen and oxygen atoms in total.